The summed E-state index contributed by atoms with van der Waals surface area (Å²) >= 11 is 0. The van der Waals surface area contributed by atoms with Gasteiger partial charge < -0.3 is 16.2 Å². The van der Waals surface area contributed by atoms with E-state index in [0.29, 0.717) is 5.69 Å². The van der Waals surface area contributed by atoms with Crippen LogP contribution >= 0.6 is 0 Å². The number of carbonyl (C=O) groups is 1. The fourth-order valence-corrected chi connectivity index (χ4v) is 2.18. The SMILES string of the molecule is Nc1ccc(Nc2cccc3cccnc23)cc1C(=O)O. The monoisotopic (exact) mass is 279 g/mol. The van der Waals surface area contributed by atoms with Crippen LogP contribution in [0.1, 0.15) is 10.4 Å². The fourth-order valence-electron chi connectivity index (χ4n) is 2.18. The Hall–Kier alpha value is -3.08. The number of nitrogen functional groups attached to an aromatic ring is 1. The number of anilines is 3. The second-order valence-electron chi connectivity index (χ2n) is 4.61. The normalized spacial score (nSPS) is 10.5. The number of rotatable bonds is 3. The molecule has 3 rings (SSSR count). The molecule has 5 nitrogen and oxygen atoms in total. The molecule has 0 unspecified atom stereocenters. The summed E-state index contributed by atoms with van der Waals surface area (Å²) in [5, 5.41) is 13.3. The van der Waals surface area contributed by atoms with Gasteiger partial charge in [0.05, 0.1) is 16.8 Å². The summed E-state index contributed by atoms with van der Waals surface area (Å²) in [6.45, 7) is 0. The average molecular weight is 279 g/mol. The Labute approximate surface area is 121 Å². The van der Waals surface area contributed by atoms with Gasteiger partial charge in [0.15, 0.2) is 0 Å². The minimum Gasteiger partial charge on any atom is -0.478 e. The van der Waals surface area contributed by atoms with Crippen molar-refractivity contribution in [2.24, 2.45) is 0 Å². The van der Waals surface area contributed by atoms with Crippen LogP contribution in [0.25, 0.3) is 10.9 Å². The third-order valence-corrected chi connectivity index (χ3v) is 3.20. The zero-order chi connectivity index (χ0) is 14.8. The van der Waals surface area contributed by atoms with E-state index in [1.807, 2.05) is 30.3 Å². The molecule has 0 spiro atoms. The van der Waals surface area contributed by atoms with E-state index in [0.717, 1.165) is 16.6 Å². The number of nitrogens with two attached hydrogens (primary N) is 1. The zero-order valence-corrected chi connectivity index (χ0v) is 11.1. The van der Waals surface area contributed by atoms with Crippen LogP contribution in [0.5, 0.6) is 0 Å². The van der Waals surface area contributed by atoms with Crippen LogP contribution in [0.3, 0.4) is 0 Å². The van der Waals surface area contributed by atoms with Gasteiger partial charge in [-0.15, -0.1) is 0 Å². The number of para-hydroxylation sites is 1. The molecule has 104 valence electrons. The van der Waals surface area contributed by atoms with E-state index < -0.39 is 5.97 Å². The first-order valence-corrected chi connectivity index (χ1v) is 6.39. The summed E-state index contributed by atoms with van der Waals surface area (Å²) < 4.78 is 0. The van der Waals surface area contributed by atoms with Crippen molar-refractivity contribution in [3.05, 3.63) is 60.3 Å². The summed E-state index contributed by atoms with van der Waals surface area (Å²) in [5.74, 6) is -1.05. The van der Waals surface area contributed by atoms with E-state index in [4.69, 9.17) is 10.8 Å². The number of benzene rings is 2. The zero-order valence-electron chi connectivity index (χ0n) is 11.1. The minimum absolute atomic E-state index is 0.0770. The Kier molecular flexibility index (Phi) is 3.16. The predicted molar refractivity (Wildman–Crippen MR) is 82.8 cm³/mol. The summed E-state index contributed by atoms with van der Waals surface area (Å²) in [6.07, 6.45) is 1.72. The lowest BCUT2D eigenvalue weighted by Crippen LogP contribution is -2.03. The topological polar surface area (TPSA) is 88.2 Å². The molecule has 0 atom stereocenters. The maximum atomic E-state index is 11.1. The van der Waals surface area contributed by atoms with Crippen LogP contribution in [0, 0.1) is 0 Å². The molecule has 21 heavy (non-hydrogen) atoms. The summed E-state index contributed by atoms with van der Waals surface area (Å²) in [7, 11) is 0. The Morgan fingerprint density at radius 3 is 2.76 bits per heavy atom. The predicted octanol–water partition coefficient (Wildman–Crippen LogP) is 3.26. The minimum atomic E-state index is -1.05. The first-order valence-electron chi connectivity index (χ1n) is 6.39. The van der Waals surface area contributed by atoms with E-state index in [-0.39, 0.29) is 11.3 Å². The average Bonchev–Trinajstić information content (AvgIpc) is 2.49. The van der Waals surface area contributed by atoms with Gasteiger partial charge in [-0.3, -0.25) is 4.98 Å². The van der Waals surface area contributed by atoms with Crippen molar-refractivity contribution in [2.75, 3.05) is 11.1 Å². The van der Waals surface area contributed by atoms with Crippen LogP contribution in [0.15, 0.2) is 54.7 Å². The molecule has 0 amide bonds. The molecule has 0 saturated carbocycles. The fraction of sp³-hybridized carbons (Fsp3) is 0. The Balaban J connectivity index is 2.03. The number of nitrogens with one attached hydrogen (secondary N) is 1. The highest BCUT2D eigenvalue weighted by molar-refractivity contribution is 5.96. The largest absolute Gasteiger partial charge is 0.478 e. The summed E-state index contributed by atoms with van der Waals surface area (Å²) in [6, 6.07) is 14.5. The summed E-state index contributed by atoms with van der Waals surface area (Å²) in [4.78, 5) is 15.5. The maximum Gasteiger partial charge on any atom is 0.337 e. The van der Waals surface area contributed by atoms with Crippen molar-refractivity contribution >= 4 is 33.9 Å². The molecule has 0 saturated heterocycles. The Morgan fingerprint density at radius 1 is 1.14 bits per heavy atom. The highest BCUT2D eigenvalue weighted by atomic mass is 16.4. The molecule has 0 radical (unpaired) electrons. The van der Waals surface area contributed by atoms with Gasteiger partial charge >= 0.3 is 5.97 Å². The van der Waals surface area contributed by atoms with Gasteiger partial charge in [-0.1, -0.05) is 18.2 Å². The molecule has 0 fully saturated rings. The van der Waals surface area contributed by atoms with Crippen LogP contribution in [-0.4, -0.2) is 16.1 Å². The lowest BCUT2D eigenvalue weighted by atomic mass is 10.1. The van der Waals surface area contributed by atoms with Gasteiger partial charge in [0, 0.05) is 23.0 Å². The van der Waals surface area contributed by atoms with E-state index >= 15 is 0 Å². The molecule has 1 aromatic heterocycles. The second-order valence-corrected chi connectivity index (χ2v) is 4.61. The van der Waals surface area contributed by atoms with Gasteiger partial charge in [-0.25, -0.2) is 4.79 Å². The van der Waals surface area contributed by atoms with Gasteiger partial charge in [-0.05, 0) is 30.3 Å². The third kappa shape index (κ3) is 2.49. The lowest BCUT2D eigenvalue weighted by Gasteiger charge is -2.10. The van der Waals surface area contributed by atoms with E-state index in [1.54, 1.807) is 18.3 Å². The van der Waals surface area contributed by atoms with Gasteiger partial charge in [0.2, 0.25) is 0 Å². The second kappa shape index (κ2) is 5.13. The van der Waals surface area contributed by atoms with Crippen molar-refractivity contribution in [2.45, 2.75) is 0 Å². The molecule has 0 aliphatic carbocycles. The molecular formula is C16H13N3O2. The van der Waals surface area contributed by atoms with E-state index in [1.165, 1.54) is 6.07 Å². The number of pyridine rings is 1. The molecule has 0 bridgehead atoms. The number of aromatic nitrogens is 1. The molecule has 0 aliphatic rings. The van der Waals surface area contributed by atoms with Crippen LogP contribution in [-0.2, 0) is 0 Å². The van der Waals surface area contributed by atoms with Crippen molar-refractivity contribution in [3.8, 4) is 0 Å². The number of carboxylic acids is 1. The Bertz CT molecular complexity index is 825. The number of aromatic carboxylic acids is 1. The van der Waals surface area contributed by atoms with Gasteiger partial charge in [0.1, 0.15) is 0 Å². The first kappa shape index (κ1) is 12.9. The van der Waals surface area contributed by atoms with Crippen LogP contribution in [0.2, 0.25) is 0 Å². The van der Waals surface area contributed by atoms with Gasteiger partial charge in [-0.2, -0.15) is 0 Å². The first-order chi connectivity index (χ1) is 10.1. The summed E-state index contributed by atoms with van der Waals surface area (Å²) in [5.41, 5.74) is 8.26. The number of carboxylic acid groups (broad SMARTS) is 1. The van der Waals surface area contributed by atoms with E-state index in [2.05, 4.69) is 10.3 Å². The standard InChI is InChI=1S/C16H13N3O2/c17-13-7-6-11(9-12(13)16(20)21)19-14-5-1-3-10-4-2-8-18-15(10)14/h1-9,19H,17H2,(H,20,21). The quantitative estimate of drug-likeness (QED) is 0.640. The highest BCUT2D eigenvalue weighted by Gasteiger charge is 2.09. The molecule has 5 heteroatoms. The van der Waals surface area contributed by atoms with Crippen molar-refractivity contribution < 1.29 is 9.90 Å². The highest BCUT2D eigenvalue weighted by Crippen LogP contribution is 2.26. The van der Waals surface area contributed by atoms with Crippen molar-refractivity contribution in [1.29, 1.82) is 0 Å². The smallest absolute Gasteiger partial charge is 0.337 e. The maximum absolute atomic E-state index is 11.1. The van der Waals surface area contributed by atoms with Crippen molar-refractivity contribution in [3.63, 3.8) is 0 Å². The Morgan fingerprint density at radius 2 is 1.95 bits per heavy atom. The lowest BCUT2D eigenvalue weighted by molar-refractivity contribution is 0.0698. The van der Waals surface area contributed by atoms with Crippen LogP contribution in [0.4, 0.5) is 17.1 Å². The number of fused-ring (bicyclic) bond motifs is 1. The third-order valence-electron chi connectivity index (χ3n) is 3.20. The van der Waals surface area contributed by atoms with Crippen LogP contribution < -0.4 is 11.1 Å². The number of nitrogens with zero attached hydrogens (tertiary/aromatic N) is 1. The molecule has 3 aromatic rings. The molecule has 4 N–H and O–H groups in total. The number of hydrogen-bond acceptors (Lipinski definition) is 4. The number of hydrogen-bond donors (Lipinski definition) is 3. The molecule has 2 aromatic carbocycles. The molecule has 1 heterocycles. The molecule has 0 aliphatic heterocycles. The van der Waals surface area contributed by atoms with Gasteiger partial charge in [0.25, 0.3) is 0 Å². The molecular weight excluding hydrogens is 266 g/mol. The van der Waals surface area contributed by atoms with Crippen molar-refractivity contribution in [1.82, 2.24) is 4.98 Å². The van der Waals surface area contributed by atoms with E-state index in [9.17, 15) is 4.79 Å².